The van der Waals surface area contributed by atoms with Gasteiger partial charge in [-0.1, -0.05) is 5.21 Å². The smallest absolute Gasteiger partial charge is 0.341 e. The summed E-state index contributed by atoms with van der Waals surface area (Å²) in [6, 6.07) is 1.69. The number of nitrogens with zero attached hydrogens (tertiary/aromatic N) is 4. The molecule has 0 aliphatic carbocycles. The number of aromatic nitrogens is 4. The number of carbonyl (C=O) groups excluding carboxylic acids is 1. The van der Waals surface area contributed by atoms with Gasteiger partial charge in [-0.25, -0.2) is 9.48 Å². The molecule has 0 radical (unpaired) electrons. The van der Waals surface area contributed by atoms with Gasteiger partial charge in [-0.2, -0.15) is 0 Å². The molecule has 0 saturated heterocycles. The maximum atomic E-state index is 11.6. The quantitative estimate of drug-likeness (QED) is 0.696. The molecule has 0 aromatic carbocycles. The first-order valence-electron chi connectivity index (χ1n) is 4.64. The Kier molecular flexibility index (Phi) is 2.63. The Bertz CT molecular complexity index is 508. The molecule has 0 bridgehead atoms. The van der Waals surface area contributed by atoms with Crippen molar-refractivity contribution in [3.63, 3.8) is 0 Å². The molecule has 6 nitrogen and oxygen atoms in total. The van der Waals surface area contributed by atoms with Crippen molar-refractivity contribution in [1.82, 2.24) is 20.0 Å². The highest BCUT2D eigenvalue weighted by Gasteiger charge is 2.17. The number of esters is 1. The zero-order valence-corrected chi connectivity index (χ0v) is 8.91. The summed E-state index contributed by atoms with van der Waals surface area (Å²) in [6.45, 7) is 1.74. The van der Waals surface area contributed by atoms with E-state index in [2.05, 4.69) is 15.3 Å². The maximum Gasteiger partial charge on any atom is 0.341 e. The SMILES string of the molecule is COC(=O)c1c(-n2ccnn2)ccnc1C. The van der Waals surface area contributed by atoms with Crippen LogP contribution in [0.3, 0.4) is 0 Å². The first-order valence-corrected chi connectivity index (χ1v) is 4.64. The third kappa shape index (κ3) is 1.65. The van der Waals surface area contributed by atoms with Crippen LogP contribution < -0.4 is 0 Å². The second-order valence-electron chi connectivity index (χ2n) is 3.13. The first kappa shape index (κ1) is 10.3. The highest BCUT2D eigenvalue weighted by molar-refractivity contribution is 5.94. The molecule has 0 aliphatic rings. The average molecular weight is 218 g/mol. The summed E-state index contributed by atoms with van der Waals surface area (Å²) in [5.41, 5.74) is 1.60. The van der Waals surface area contributed by atoms with Gasteiger partial charge in [0.05, 0.1) is 30.9 Å². The van der Waals surface area contributed by atoms with E-state index >= 15 is 0 Å². The Labute approximate surface area is 91.9 Å². The normalized spacial score (nSPS) is 10.1. The van der Waals surface area contributed by atoms with Crippen LogP contribution >= 0.6 is 0 Å². The Balaban J connectivity index is 2.62. The number of aryl methyl sites for hydroxylation is 1. The minimum atomic E-state index is -0.434. The van der Waals surface area contributed by atoms with Gasteiger partial charge >= 0.3 is 5.97 Å². The molecule has 6 heteroatoms. The van der Waals surface area contributed by atoms with E-state index < -0.39 is 5.97 Å². The predicted octanol–water partition coefficient (Wildman–Crippen LogP) is 0.757. The predicted molar refractivity (Wildman–Crippen MR) is 55.2 cm³/mol. The molecular weight excluding hydrogens is 208 g/mol. The highest BCUT2D eigenvalue weighted by atomic mass is 16.5. The molecule has 82 valence electrons. The van der Waals surface area contributed by atoms with Crippen molar-refractivity contribution in [3.8, 4) is 5.69 Å². The first-order chi connectivity index (χ1) is 7.74. The Morgan fingerprint density at radius 2 is 2.25 bits per heavy atom. The fourth-order valence-electron chi connectivity index (χ4n) is 1.43. The lowest BCUT2D eigenvalue weighted by molar-refractivity contribution is 0.0599. The van der Waals surface area contributed by atoms with Gasteiger partial charge in [0.15, 0.2) is 0 Å². The van der Waals surface area contributed by atoms with Gasteiger partial charge in [0.25, 0.3) is 0 Å². The standard InChI is InChI=1S/C10H10N4O2/c1-7-9(10(15)16-2)8(3-4-11-7)14-6-5-12-13-14/h3-6H,1-2H3. The van der Waals surface area contributed by atoms with Gasteiger partial charge in [0.2, 0.25) is 0 Å². The van der Waals surface area contributed by atoms with Crippen LogP contribution in [0.5, 0.6) is 0 Å². The molecule has 16 heavy (non-hydrogen) atoms. The largest absolute Gasteiger partial charge is 0.465 e. The van der Waals surface area contributed by atoms with Crippen LogP contribution in [-0.2, 0) is 4.74 Å². The molecule has 0 spiro atoms. The summed E-state index contributed by atoms with van der Waals surface area (Å²) < 4.78 is 6.22. The molecule has 0 fully saturated rings. The summed E-state index contributed by atoms with van der Waals surface area (Å²) in [5, 5.41) is 7.53. The lowest BCUT2D eigenvalue weighted by Crippen LogP contribution is -2.11. The Morgan fingerprint density at radius 3 is 2.88 bits per heavy atom. The van der Waals surface area contributed by atoms with Crippen LogP contribution in [0.4, 0.5) is 0 Å². The van der Waals surface area contributed by atoms with E-state index in [1.165, 1.54) is 18.0 Å². The summed E-state index contributed by atoms with van der Waals surface area (Å²) in [5.74, 6) is -0.434. The lowest BCUT2D eigenvalue weighted by atomic mass is 10.1. The minimum Gasteiger partial charge on any atom is -0.465 e. The highest BCUT2D eigenvalue weighted by Crippen LogP contribution is 2.16. The molecular formula is C10H10N4O2. The van der Waals surface area contributed by atoms with E-state index in [1.54, 1.807) is 25.4 Å². The molecule has 0 unspecified atom stereocenters. The fourth-order valence-corrected chi connectivity index (χ4v) is 1.43. The average Bonchev–Trinajstić information content (AvgIpc) is 2.81. The summed E-state index contributed by atoms with van der Waals surface area (Å²) in [6.07, 6.45) is 4.80. The van der Waals surface area contributed by atoms with E-state index in [1.807, 2.05) is 0 Å². The van der Waals surface area contributed by atoms with Crippen molar-refractivity contribution >= 4 is 5.97 Å². The number of hydrogen-bond acceptors (Lipinski definition) is 5. The van der Waals surface area contributed by atoms with Crippen LogP contribution in [0, 0.1) is 6.92 Å². The second kappa shape index (κ2) is 4.09. The number of pyridine rings is 1. The van der Waals surface area contributed by atoms with Crippen LogP contribution in [0.1, 0.15) is 16.1 Å². The molecule has 0 saturated carbocycles. The lowest BCUT2D eigenvalue weighted by Gasteiger charge is -2.08. The van der Waals surface area contributed by atoms with E-state index in [0.717, 1.165) is 0 Å². The Morgan fingerprint density at radius 1 is 1.44 bits per heavy atom. The number of methoxy groups -OCH3 is 1. The van der Waals surface area contributed by atoms with Crippen molar-refractivity contribution in [2.24, 2.45) is 0 Å². The van der Waals surface area contributed by atoms with E-state index in [4.69, 9.17) is 4.74 Å². The third-order valence-corrected chi connectivity index (χ3v) is 2.18. The zero-order chi connectivity index (χ0) is 11.5. The van der Waals surface area contributed by atoms with Gasteiger partial charge in [-0.3, -0.25) is 4.98 Å². The van der Waals surface area contributed by atoms with E-state index in [-0.39, 0.29) is 0 Å². The van der Waals surface area contributed by atoms with Crippen LogP contribution in [0.15, 0.2) is 24.7 Å². The van der Waals surface area contributed by atoms with Crippen molar-refractivity contribution in [2.75, 3.05) is 7.11 Å². The van der Waals surface area contributed by atoms with E-state index in [0.29, 0.717) is 16.9 Å². The van der Waals surface area contributed by atoms with E-state index in [9.17, 15) is 4.79 Å². The van der Waals surface area contributed by atoms with Crippen molar-refractivity contribution in [3.05, 3.63) is 35.9 Å². The number of rotatable bonds is 2. The minimum absolute atomic E-state index is 0.399. The van der Waals surface area contributed by atoms with Gasteiger partial charge in [0, 0.05) is 6.20 Å². The number of hydrogen-bond donors (Lipinski definition) is 0. The molecule has 2 rings (SSSR count). The summed E-state index contributed by atoms with van der Waals surface area (Å²) in [4.78, 5) is 15.7. The molecule has 2 heterocycles. The van der Waals surface area contributed by atoms with Crippen molar-refractivity contribution in [2.45, 2.75) is 6.92 Å². The molecule has 2 aromatic heterocycles. The van der Waals surface area contributed by atoms with Crippen molar-refractivity contribution < 1.29 is 9.53 Å². The Hall–Kier alpha value is -2.24. The monoisotopic (exact) mass is 218 g/mol. The molecule has 0 aliphatic heterocycles. The van der Waals surface area contributed by atoms with Gasteiger partial charge in [0.1, 0.15) is 5.56 Å². The van der Waals surface area contributed by atoms with Crippen molar-refractivity contribution in [1.29, 1.82) is 0 Å². The van der Waals surface area contributed by atoms with Crippen LogP contribution in [0.25, 0.3) is 5.69 Å². The zero-order valence-electron chi connectivity index (χ0n) is 8.91. The maximum absolute atomic E-state index is 11.6. The topological polar surface area (TPSA) is 69.9 Å². The number of carbonyl (C=O) groups is 1. The van der Waals surface area contributed by atoms with Gasteiger partial charge in [-0.05, 0) is 13.0 Å². The van der Waals surface area contributed by atoms with Gasteiger partial charge < -0.3 is 4.74 Å². The molecule has 2 aromatic rings. The number of ether oxygens (including phenoxy) is 1. The summed E-state index contributed by atoms with van der Waals surface area (Å²) >= 11 is 0. The third-order valence-electron chi connectivity index (χ3n) is 2.18. The summed E-state index contributed by atoms with van der Waals surface area (Å²) in [7, 11) is 1.33. The fraction of sp³-hybridized carbons (Fsp3) is 0.200. The van der Waals surface area contributed by atoms with Gasteiger partial charge in [-0.15, -0.1) is 5.10 Å². The molecule has 0 N–H and O–H groups in total. The van der Waals surface area contributed by atoms with Crippen LogP contribution in [0.2, 0.25) is 0 Å². The second-order valence-corrected chi connectivity index (χ2v) is 3.13. The molecule has 0 amide bonds. The molecule has 0 atom stereocenters. The van der Waals surface area contributed by atoms with Crippen LogP contribution in [-0.4, -0.2) is 33.1 Å².